The number of aliphatic hydroxyl groups excluding tert-OH is 3. The van der Waals surface area contributed by atoms with Gasteiger partial charge in [-0.1, -0.05) is 56.9 Å². The largest absolute Gasteiger partial charge is 0.396 e. The van der Waals surface area contributed by atoms with E-state index in [0.717, 1.165) is 50.5 Å². The van der Waals surface area contributed by atoms with E-state index in [1.807, 2.05) is 27.7 Å². The molecule has 0 spiro atoms. The van der Waals surface area contributed by atoms with Crippen LogP contribution in [0.5, 0.6) is 0 Å². The number of allylic oxidation sites excluding steroid dienone is 3. The van der Waals surface area contributed by atoms with Crippen molar-refractivity contribution in [2.75, 3.05) is 13.2 Å². The first-order valence-electron chi connectivity index (χ1n) is 16.3. The predicted molar refractivity (Wildman–Crippen MR) is 165 cm³/mol. The molecule has 3 rings (SSSR count). The smallest absolute Gasteiger partial charge is 0.114 e. The summed E-state index contributed by atoms with van der Waals surface area (Å²) in [7, 11) is 0. The maximum absolute atomic E-state index is 10.8. The van der Waals surface area contributed by atoms with Gasteiger partial charge in [0.2, 0.25) is 0 Å². The van der Waals surface area contributed by atoms with Crippen molar-refractivity contribution >= 4 is 0 Å². The van der Waals surface area contributed by atoms with Gasteiger partial charge in [0.15, 0.2) is 0 Å². The number of ether oxygens (including phenoxy) is 1. The molecule has 0 heterocycles. The van der Waals surface area contributed by atoms with Gasteiger partial charge in [-0.2, -0.15) is 0 Å². The van der Waals surface area contributed by atoms with Crippen LogP contribution in [-0.4, -0.2) is 68.3 Å². The van der Waals surface area contributed by atoms with Gasteiger partial charge in [0.1, 0.15) is 12.2 Å². The van der Waals surface area contributed by atoms with Gasteiger partial charge < -0.3 is 30.3 Å². The quantitative estimate of drug-likeness (QED) is 0.162. The molecule has 0 amide bonds. The van der Waals surface area contributed by atoms with Crippen LogP contribution in [0.25, 0.3) is 0 Å². The van der Waals surface area contributed by atoms with E-state index in [1.54, 1.807) is 0 Å². The van der Waals surface area contributed by atoms with E-state index in [-0.39, 0.29) is 12.0 Å². The van der Waals surface area contributed by atoms with Gasteiger partial charge >= 0.3 is 0 Å². The van der Waals surface area contributed by atoms with Crippen LogP contribution in [0.4, 0.5) is 0 Å². The summed E-state index contributed by atoms with van der Waals surface area (Å²) >= 11 is 0. The molecule has 0 aliphatic heterocycles. The van der Waals surface area contributed by atoms with E-state index in [4.69, 9.17) is 9.84 Å². The van der Waals surface area contributed by atoms with E-state index in [1.165, 1.54) is 31.3 Å². The Labute approximate surface area is 249 Å². The SMILES string of the molecule is C=C1/C(=C/C=C2/CCC[C@@]3(C)C2CC[C@@H]3C(CCCC(C)(C)O)CCCC(C)(C)O)C[C@@H](O)[C@H](OCCCO)[C@@H]1O. The lowest BCUT2D eigenvalue weighted by Crippen LogP contribution is -2.45. The second-order valence-electron chi connectivity index (χ2n) is 14.9. The Morgan fingerprint density at radius 1 is 1.00 bits per heavy atom. The number of fused-ring (bicyclic) bond motifs is 1. The molecule has 6 heteroatoms. The molecule has 6 atom stereocenters. The van der Waals surface area contributed by atoms with E-state index >= 15 is 0 Å². The summed E-state index contributed by atoms with van der Waals surface area (Å²) in [5, 5.41) is 51.2. The highest BCUT2D eigenvalue weighted by Crippen LogP contribution is 2.60. The molecule has 3 saturated carbocycles. The zero-order valence-corrected chi connectivity index (χ0v) is 26.6. The molecule has 0 radical (unpaired) electrons. The minimum absolute atomic E-state index is 0.0158. The van der Waals surface area contributed by atoms with Gasteiger partial charge in [0.05, 0.1) is 17.3 Å². The van der Waals surface area contributed by atoms with Crippen molar-refractivity contribution in [1.82, 2.24) is 0 Å². The van der Waals surface area contributed by atoms with Crippen LogP contribution in [0.3, 0.4) is 0 Å². The predicted octanol–water partition coefficient (Wildman–Crippen LogP) is 6.00. The summed E-state index contributed by atoms with van der Waals surface area (Å²) < 4.78 is 5.67. The molecule has 6 nitrogen and oxygen atoms in total. The van der Waals surface area contributed by atoms with Crippen LogP contribution in [0, 0.1) is 23.2 Å². The molecule has 3 aliphatic rings. The van der Waals surface area contributed by atoms with E-state index in [0.29, 0.717) is 42.8 Å². The van der Waals surface area contributed by atoms with Crippen molar-refractivity contribution < 1.29 is 30.3 Å². The fraction of sp³-hybridized carbons (Fsp3) is 0.829. The van der Waals surface area contributed by atoms with Gasteiger partial charge in [-0.3, -0.25) is 0 Å². The molecule has 0 aromatic rings. The minimum Gasteiger partial charge on any atom is -0.396 e. The third-order valence-electron chi connectivity index (χ3n) is 10.3. The normalized spacial score (nSPS) is 33.2. The van der Waals surface area contributed by atoms with Crippen LogP contribution < -0.4 is 0 Å². The molecule has 5 N–H and O–H groups in total. The fourth-order valence-corrected chi connectivity index (χ4v) is 8.13. The van der Waals surface area contributed by atoms with Crippen LogP contribution in [0.15, 0.2) is 35.5 Å². The molecule has 236 valence electrons. The maximum Gasteiger partial charge on any atom is 0.114 e. The number of hydrogen-bond donors (Lipinski definition) is 5. The average molecular weight is 577 g/mol. The third kappa shape index (κ3) is 9.48. The van der Waals surface area contributed by atoms with Crippen molar-refractivity contribution in [3.8, 4) is 0 Å². The van der Waals surface area contributed by atoms with Crippen molar-refractivity contribution in [2.45, 2.75) is 148 Å². The highest BCUT2D eigenvalue weighted by molar-refractivity contribution is 5.40. The molecule has 3 aliphatic carbocycles. The molecule has 0 bridgehead atoms. The summed E-state index contributed by atoms with van der Waals surface area (Å²) in [6, 6.07) is 0. The lowest BCUT2D eigenvalue weighted by molar-refractivity contribution is -0.0968. The average Bonchev–Trinajstić information content (AvgIpc) is 3.22. The molecule has 41 heavy (non-hydrogen) atoms. The van der Waals surface area contributed by atoms with Crippen molar-refractivity contribution in [2.24, 2.45) is 23.2 Å². The lowest BCUT2D eigenvalue weighted by atomic mass is 9.60. The standard InChI is InChI=1S/C35H60O6/c1-24-27(23-30(37)32(31(24)38)41-22-10-21-36)15-14-26-13-9-20-35(6)28(16-17-29(26)35)25(11-7-18-33(2,3)39)12-8-19-34(4,5)40/h14-15,25,28-32,36-40H,1,7-13,16-23H2,2-6H3/b26-14-,27-15+/t28-,29?,30-,31-,32+,35-/m1/s1. The van der Waals surface area contributed by atoms with Crippen molar-refractivity contribution in [3.05, 3.63) is 35.5 Å². The van der Waals surface area contributed by atoms with Crippen LogP contribution in [0.1, 0.15) is 118 Å². The molecule has 0 saturated heterocycles. The van der Waals surface area contributed by atoms with Gasteiger partial charge in [-0.05, 0) is 113 Å². The van der Waals surface area contributed by atoms with Crippen LogP contribution in [0.2, 0.25) is 0 Å². The first-order chi connectivity index (χ1) is 19.2. The molecule has 0 aromatic carbocycles. The van der Waals surface area contributed by atoms with E-state index < -0.39 is 29.5 Å². The lowest BCUT2D eigenvalue weighted by Gasteiger charge is -2.45. The molecular formula is C35H60O6. The third-order valence-corrected chi connectivity index (χ3v) is 10.3. The summed E-state index contributed by atoms with van der Waals surface area (Å²) in [6.45, 7) is 14.6. The Morgan fingerprint density at radius 2 is 1.63 bits per heavy atom. The number of rotatable bonds is 14. The number of aliphatic hydroxyl groups is 5. The highest BCUT2D eigenvalue weighted by Gasteiger charge is 2.51. The monoisotopic (exact) mass is 576 g/mol. The molecule has 1 unspecified atom stereocenters. The Hall–Kier alpha value is -1.02. The van der Waals surface area contributed by atoms with Gasteiger partial charge in [-0.15, -0.1) is 0 Å². The zero-order valence-electron chi connectivity index (χ0n) is 26.6. The second-order valence-corrected chi connectivity index (χ2v) is 14.9. The van der Waals surface area contributed by atoms with Crippen molar-refractivity contribution in [3.63, 3.8) is 0 Å². The van der Waals surface area contributed by atoms with Gasteiger partial charge in [0, 0.05) is 19.6 Å². The van der Waals surface area contributed by atoms with E-state index in [2.05, 4.69) is 25.7 Å². The summed E-state index contributed by atoms with van der Waals surface area (Å²) in [5.74, 6) is 1.77. The summed E-state index contributed by atoms with van der Waals surface area (Å²) in [6.07, 6.45) is 14.6. The van der Waals surface area contributed by atoms with Gasteiger partial charge in [0.25, 0.3) is 0 Å². The summed E-state index contributed by atoms with van der Waals surface area (Å²) in [5.41, 5.74) is 1.96. The van der Waals surface area contributed by atoms with Crippen LogP contribution in [-0.2, 0) is 4.74 Å². The molecule has 3 fully saturated rings. The van der Waals surface area contributed by atoms with Crippen molar-refractivity contribution in [1.29, 1.82) is 0 Å². The van der Waals surface area contributed by atoms with E-state index in [9.17, 15) is 20.4 Å². The topological polar surface area (TPSA) is 110 Å². The number of hydrogen-bond acceptors (Lipinski definition) is 6. The molecule has 0 aromatic heterocycles. The highest BCUT2D eigenvalue weighted by atomic mass is 16.5. The Kier molecular flexibility index (Phi) is 12.3. The first-order valence-corrected chi connectivity index (χ1v) is 16.3. The zero-order chi connectivity index (χ0) is 30.4. The first kappa shape index (κ1) is 34.5. The Bertz CT molecular complexity index is 889. The van der Waals surface area contributed by atoms with Gasteiger partial charge in [-0.25, -0.2) is 0 Å². The Morgan fingerprint density at radius 3 is 2.22 bits per heavy atom. The second kappa shape index (κ2) is 14.6. The maximum atomic E-state index is 10.8. The minimum atomic E-state index is -0.955. The summed E-state index contributed by atoms with van der Waals surface area (Å²) in [4.78, 5) is 0. The Balaban J connectivity index is 1.74. The molecular weight excluding hydrogens is 516 g/mol. The fourth-order valence-electron chi connectivity index (χ4n) is 8.13. The van der Waals surface area contributed by atoms with Crippen LogP contribution >= 0.6 is 0 Å².